The highest BCUT2D eigenvalue weighted by molar-refractivity contribution is 6.30. The van der Waals surface area contributed by atoms with Crippen LogP contribution in [-0.2, 0) is 6.54 Å². The van der Waals surface area contributed by atoms with Crippen molar-refractivity contribution in [2.24, 2.45) is 0 Å². The second-order valence-corrected chi connectivity index (χ2v) is 8.27. The topological polar surface area (TPSA) is 26.8 Å². The molecular formula is C23H28ClN3O. The number of piperidine rings is 1. The third-order valence-corrected chi connectivity index (χ3v) is 6.23. The van der Waals surface area contributed by atoms with Crippen molar-refractivity contribution < 1.29 is 4.79 Å². The van der Waals surface area contributed by atoms with Gasteiger partial charge in [0.25, 0.3) is 5.91 Å². The summed E-state index contributed by atoms with van der Waals surface area (Å²) < 4.78 is 0. The summed E-state index contributed by atoms with van der Waals surface area (Å²) in [5, 5.41) is 0.617. The van der Waals surface area contributed by atoms with Crippen LogP contribution in [0.15, 0.2) is 54.6 Å². The van der Waals surface area contributed by atoms with Crippen molar-refractivity contribution in [2.75, 3.05) is 39.3 Å². The van der Waals surface area contributed by atoms with Gasteiger partial charge in [-0.3, -0.25) is 14.6 Å². The molecular weight excluding hydrogens is 370 g/mol. The molecule has 5 heteroatoms. The minimum atomic E-state index is 0.0971. The van der Waals surface area contributed by atoms with Crippen LogP contribution in [-0.4, -0.2) is 65.9 Å². The molecule has 0 bridgehead atoms. The monoisotopic (exact) mass is 397 g/mol. The summed E-state index contributed by atoms with van der Waals surface area (Å²) in [7, 11) is 0. The molecule has 1 amide bonds. The molecule has 0 atom stereocenters. The minimum absolute atomic E-state index is 0.0971. The smallest absolute Gasteiger partial charge is 0.253 e. The highest BCUT2D eigenvalue weighted by atomic mass is 35.5. The van der Waals surface area contributed by atoms with Crippen LogP contribution in [0, 0.1) is 0 Å². The highest BCUT2D eigenvalue weighted by Crippen LogP contribution is 2.21. The molecule has 2 heterocycles. The normalized spacial score (nSPS) is 19.7. The van der Waals surface area contributed by atoms with E-state index in [4.69, 9.17) is 11.6 Å². The zero-order chi connectivity index (χ0) is 19.3. The predicted octanol–water partition coefficient (Wildman–Crippen LogP) is 3.76. The van der Waals surface area contributed by atoms with Gasteiger partial charge in [0.15, 0.2) is 0 Å². The lowest BCUT2D eigenvalue weighted by atomic mass is 10.0. The van der Waals surface area contributed by atoms with Gasteiger partial charge in [0.05, 0.1) is 0 Å². The summed E-state index contributed by atoms with van der Waals surface area (Å²) in [6.07, 6.45) is 2.43. The Morgan fingerprint density at radius 3 is 2.29 bits per heavy atom. The van der Waals surface area contributed by atoms with Crippen molar-refractivity contribution in [3.05, 3.63) is 70.7 Å². The molecule has 0 saturated carbocycles. The number of carbonyl (C=O) groups excluding carboxylic acids is 1. The molecule has 0 N–H and O–H groups in total. The summed E-state index contributed by atoms with van der Waals surface area (Å²) in [5.74, 6) is 0.0971. The Balaban J connectivity index is 1.24. The first-order chi connectivity index (χ1) is 13.7. The lowest BCUT2D eigenvalue weighted by Gasteiger charge is -2.42. The molecule has 2 saturated heterocycles. The molecule has 148 valence electrons. The van der Waals surface area contributed by atoms with Gasteiger partial charge in [-0.2, -0.15) is 0 Å². The molecule has 0 unspecified atom stereocenters. The molecule has 4 nitrogen and oxygen atoms in total. The van der Waals surface area contributed by atoms with Crippen molar-refractivity contribution in [3.8, 4) is 0 Å². The highest BCUT2D eigenvalue weighted by Gasteiger charge is 2.29. The third-order valence-electron chi connectivity index (χ3n) is 6.00. The molecule has 28 heavy (non-hydrogen) atoms. The van der Waals surface area contributed by atoms with E-state index in [1.807, 2.05) is 17.0 Å². The van der Waals surface area contributed by atoms with Crippen LogP contribution >= 0.6 is 11.6 Å². The molecule has 2 aliphatic rings. The number of halogens is 1. The fraction of sp³-hybridized carbons (Fsp3) is 0.435. The Morgan fingerprint density at radius 2 is 1.61 bits per heavy atom. The number of nitrogens with zero attached hydrogens (tertiary/aromatic N) is 3. The Kier molecular flexibility index (Phi) is 6.30. The van der Waals surface area contributed by atoms with Crippen molar-refractivity contribution >= 4 is 17.5 Å². The molecule has 2 fully saturated rings. The lowest BCUT2D eigenvalue weighted by Crippen LogP contribution is -2.54. The SMILES string of the molecule is O=C(c1cccc(Cl)c1)N1CCN(C2CCN(Cc3ccccc3)CC2)CC1. The van der Waals surface area contributed by atoms with Gasteiger partial charge < -0.3 is 4.90 Å². The fourth-order valence-electron chi connectivity index (χ4n) is 4.38. The van der Waals surface area contributed by atoms with Crippen LogP contribution in [0.2, 0.25) is 5.02 Å². The summed E-state index contributed by atoms with van der Waals surface area (Å²) >= 11 is 6.03. The van der Waals surface area contributed by atoms with Gasteiger partial charge in [0.1, 0.15) is 0 Å². The van der Waals surface area contributed by atoms with E-state index >= 15 is 0 Å². The standard InChI is InChI=1S/C23H28ClN3O/c24-21-8-4-7-20(17-21)23(28)27-15-13-26(14-16-27)22-9-11-25(12-10-22)18-19-5-2-1-3-6-19/h1-8,17,22H,9-16,18H2. The average Bonchev–Trinajstić information content (AvgIpc) is 2.75. The van der Waals surface area contributed by atoms with E-state index in [1.54, 1.807) is 12.1 Å². The molecule has 0 radical (unpaired) electrons. The quantitative estimate of drug-likeness (QED) is 0.785. The van der Waals surface area contributed by atoms with Crippen molar-refractivity contribution in [1.29, 1.82) is 0 Å². The van der Waals surface area contributed by atoms with E-state index < -0.39 is 0 Å². The first-order valence-corrected chi connectivity index (χ1v) is 10.6. The molecule has 2 aliphatic heterocycles. The third kappa shape index (κ3) is 4.75. The zero-order valence-corrected chi connectivity index (χ0v) is 17.0. The fourth-order valence-corrected chi connectivity index (χ4v) is 4.57. The minimum Gasteiger partial charge on any atom is -0.336 e. The van der Waals surface area contributed by atoms with E-state index in [0.717, 1.165) is 45.8 Å². The molecule has 0 aromatic heterocycles. The number of benzene rings is 2. The predicted molar refractivity (Wildman–Crippen MR) is 114 cm³/mol. The van der Waals surface area contributed by atoms with Gasteiger partial charge in [0, 0.05) is 49.4 Å². The number of piperazine rings is 1. The maximum absolute atomic E-state index is 12.7. The molecule has 4 rings (SSSR count). The van der Waals surface area contributed by atoms with E-state index in [1.165, 1.54) is 18.4 Å². The van der Waals surface area contributed by atoms with Crippen molar-refractivity contribution in [1.82, 2.24) is 14.7 Å². The van der Waals surface area contributed by atoms with E-state index in [-0.39, 0.29) is 5.91 Å². The van der Waals surface area contributed by atoms with Crippen LogP contribution in [0.25, 0.3) is 0 Å². The van der Waals surface area contributed by atoms with Gasteiger partial charge in [-0.1, -0.05) is 48.0 Å². The van der Waals surface area contributed by atoms with Gasteiger partial charge >= 0.3 is 0 Å². The van der Waals surface area contributed by atoms with Crippen LogP contribution in [0.4, 0.5) is 0 Å². The average molecular weight is 398 g/mol. The van der Waals surface area contributed by atoms with E-state index in [2.05, 4.69) is 40.1 Å². The van der Waals surface area contributed by atoms with Gasteiger partial charge in [0.2, 0.25) is 0 Å². The number of hydrogen-bond acceptors (Lipinski definition) is 3. The number of likely N-dealkylation sites (tertiary alicyclic amines) is 1. The lowest BCUT2D eigenvalue weighted by molar-refractivity contribution is 0.0445. The summed E-state index contributed by atoms with van der Waals surface area (Å²) in [6, 6.07) is 18.6. The largest absolute Gasteiger partial charge is 0.336 e. The molecule has 2 aromatic carbocycles. The molecule has 2 aromatic rings. The summed E-state index contributed by atoms with van der Waals surface area (Å²) in [5.41, 5.74) is 2.09. The van der Waals surface area contributed by atoms with Gasteiger partial charge in [-0.05, 0) is 49.7 Å². The number of hydrogen-bond donors (Lipinski definition) is 0. The first-order valence-electron chi connectivity index (χ1n) is 10.2. The Bertz CT molecular complexity index is 781. The Labute approximate surface area is 172 Å². The second kappa shape index (κ2) is 9.08. The van der Waals surface area contributed by atoms with Crippen LogP contribution in [0.3, 0.4) is 0 Å². The van der Waals surface area contributed by atoms with Crippen molar-refractivity contribution in [2.45, 2.75) is 25.4 Å². The first kappa shape index (κ1) is 19.4. The van der Waals surface area contributed by atoms with Crippen LogP contribution < -0.4 is 0 Å². The van der Waals surface area contributed by atoms with Crippen molar-refractivity contribution in [3.63, 3.8) is 0 Å². The summed E-state index contributed by atoms with van der Waals surface area (Å²) in [4.78, 5) is 19.8. The number of rotatable bonds is 4. The zero-order valence-electron chi connectivity index (χ0n) is 16.3. The maximum atomic E-state index is 12.7. The van der Waals surface area contributed by atoms with Gasteiger partial charge in [-0.15, -0.1) is 0 Å². The molecule has 0 aliphatic carbocycles. The second-order valence-electron chi connectivity index (χ2n) is 7.83. The van der Waals surface area contributed by atoms with E-state index in [0.29, 0.717) is 16.6 Å². The number of carbonyl (C=O) groups is 1. The Hall–Kier alpha value is -1.88. The number of amides is 1. The van der Waals surface area contributed by atoms with Gasteiger partial charge in [-0.25, -0.2) is 0 Å². The summed E-state index contributed by atoms with van der Waals surface area (Å²) in [6.45, 7) is 6.90. The molecule has 0 spiro atoms. The Morgan fingerprint density at radius 1 is 0.893 bits per heavy atom. The van der Waals surface area contributed by atoms with Crippen LogP contribution in [0.5, 0.6) is 0 Å². The van der Waals surface area contributed by atoms with E-state index in [9.17, 15) is 4.79 Å². The maximum Gasteiger partial charge on any atom is 0.253 e. The van der Waals surface area contributed by atoms with Crippen LogP contribution in [0.1, 0.15) is 28.8 Å².